The summed E-state index contributed by atoms with van der Waals surface area (Å²) in [5, 5.41) is 12.9. The zero-order chi connectivity index (χ0) is 24.5. The molecule has 0 bridgehead atoms. The fourth-order valence-corrected chi connectivity index (χ4v) is 4.58. The first-order valence-corrected chi connectivity index (χ1v) is 12.4. The topological polar surface area (TPSA) is 91.4 Å². The number of nitrogens with zero attached hydrogens (tertiary/aromatic N) is 2. The molecule has 0 aromatic heterocycles. The molecule has 3 rings (SSSR count). The molecule has 1 saturated heterocycles. The predicted molar refractivity (Wildman–Crippen MR) is 136 cm³/mol. The molecule has 2 aromatic carbocycles. The van der Waals surface area contributed by atoms with Crippen molar-refractivity contribution in [3.8, 4) is 17.6 Å². The van der Waals surface area contributed by atoms with Crippen LogP contribution in [0.15, 0.2) is 42.5 Å². The lowest BCUT2D eigenvalue weighted by molar-refractivity contribution is 0.0929. The molecular formula is C28H38N4O2. The van der Waals surface area contributed by atoms with Crippen LogP contribution in [-0.2, 0) is 6.54 Å². The first kappa shape index (κ1) is 25.7. The number of carbonyl (C=O) groups is 1. The van der Waals surface area contributed by atoms with Crippen molar-refractivity contribution in [2.75, 3.05) is 13.1 Å². The van der Waals surface area contributed by atoms with E-state index in [1.165, 1.54) is 19.3 Å². The number of rotatable bonds is 10. The smallest absolute Gasteiger partial charge is 0.251 e. The summed E-state index contributed by atoms with van der Waals surface area (Å²) < 4.78 is 6.06. The molecule has 1 aliphatic rings. The Morgan fingerprint density at radius 2 is 1.79 bits per heavy atom. The number of nitrogens with one attached hydrogen (secondary N) is 1. The maximum Gasteiger partial charge on any atom is 0.251 e. The first-order valence-electron chi connectivity index (χ1n) is 12.4. The van der Waals surface area contributed by atoms with Gasteiger partial charge in [0.2, 0.25) is 0 Å². The highest BCUT2D eigenvalue weighted by atomic mass is 16.5. The van der Waals surface area contributed by atoms with E-state index < -0.39 is 0 Å². The number of piperidine rings is 1. The summed E-state index contributed by atoms with van der Waals surface area (Å²) in [4.78, 5) is 15.2. The highest BCUT2D eigenvalue weighted by Crippen LogP contribution is 2.29. The number of nitriles is 1. The van der Waals surface area contributed by atoms with Crippen molar-refractivity contribution in [1.82, 2.24) is 10.2 Å². The van der Waals surface area contributed by atoms with Crippen molar-refractivity contribution in [3.05, 3.63) is 59.2 Å². The monoisotopic (exact) mass is 462 g/mol. The summed E-state index contributed by atoms with van der Waals surface area (Å²) in [6.45, 7) is 9.15. The van der Waals surface area contributed by atoms with Crippen LogP contribution in [0, 0.1) is 17.2 Å². The molecule has 1 amide bonds. The number of benzene rings is 2. The third-order valence-corrected chi connectivity index (χ3v) is 6.16. The zero-order valence-corrected chi connectivity index (χ0v) is 20.7. The predicted octanol–water partition coefficient (Wildman–Crippen LogP) is 5.22. The van der Waals surface area contributed by atoms with Crippen molar-refractivity contribution < 1.29 is 9.53 Å². The van der Waals surface area contributed by atoms with Crippen molar-refractivity contribution in [2.45, 2.75) is 71.5 Å². The molecule has 182 valence electrons. The molecule has 0 saturated carbocycles. The summed E-state index contributed by atoms with van der Waals surface area (Å²) in [6.07, 6.45) is 5.33. The molecule has 2 atom stereocenters. The maximum absolute atomic E-state index is 12.8. The maximum atomic E-state index is 12.8. The third kappa shape index (κ3) is 7.58. The van der Waals surface area contributed by atoms with Gasteiger partial charge in [0, 0.05) is 24.2 Å². The fourth-order valence-electron chi connectivity index (χ4n) is 4.58. The number of carbonyl (C=O) groups excluding carboxylic acids is 1. The number of amides is 1. The van der Waals surface area contributed by atoms with Gasteiger partial charge in [0.15, 0.2) is 0 Å². The standard InChI is InChI=1S/C28H38N4O2/c1-20(2)16-24(17-21(3)30)31-28(33)22-10-12-25(13-11-22)34-27-9-7-8-23(26(27)18-29)19-32-14-5-4-6-15-32/h7-13,20-21,24H,4-6,14-17,19,30H2,1-3H3,(H,31,33). The summed E-state index contributed by atoms with van der Waals surface area (Å²) >= 11 is 0. The molecule has 1 heterocycles. The third-order valence-electron chi connectivity index (χ3n) is 6.16. The minimum Gasteiger partial charge on any atom is -0.456 e. The van der Waals surface area contributed by atoms with Gasteiger partial charge in [-0.3, -0.25) is 9.69 Å². The second-order valence-electron chi connectivity index (χ2n) is 9.88. The Morgan fingerprint density at radius 3 is 2.41 bits per heavy atom. The van der Waals surface area contributed by atoms with Gasteiger partial charge in [-0.15, -0.1) is 0 Å². The van der Waals surface area contributed by atoms with Gasteiger partial charge in [0.05, 0.1) is 5.56 Å². The van der Waals surface area contributed by atoms with Crippen molar-refractivity contribution in [2.24, 2.45) is 11.7 Å². The molecule has 0 aliphatic carbocycles. The van der Waals surface area contributed by atoms with Gasteiger partial charge in [-0.05, 0) is 87.5 Å². The Bertz CT molecular complexity index is 963. The number of likely N-dealkylation sites (tertiary alicyclic amines) is 1. The van der Waals surface area contributed by atoms with Crippen molar-refractivity contribution in [1.29, 1.82) is 5.26 Å². The number of hydrogen-bond acceptors (Lipinski definition) is 5. The second-order valence-corrected chi connectivity index (χ2v) is 9.88. The van der Waals surface area contributed by atoms with Crippen LogP contribution in [0.3, 0.4) is 0 Å². The zero-order valence-electron chi connectivity index (χ0n) is 20.7. The van der Waals surface area contributed by atoms with Gasteiger partial charge in [-0.25, -0.2) is 0 Å². The van der Waals surface area contributed by atoms with Gasteiger partial charge in [-0.1, -0.05) is 32.4 Å². The molecule has 1 fully saturated rings. The fraction of sp³-hybridized carbons (Fsp3) is 0.500. The van der Waals surface area contributed by atoms with Gasteiger partial charge < -0.3 is 15.8 Å². The summed E-state index contributed by atoms with van der Waals surface area (Å²) in [6, 6.07) is 15.2. The van der Waals surface area contributed by atoms with E-state index in [9.17, 15) is 10.1 Å². The quantitative estimate of drug-likeness (QED) is 0.505. The van der Waals surface area contributed by atoms with Crippen LogP contribution in [-0.4, -0.2) is 36.0 Å². The van der Waals surface area contributed by atoms with E-state index in [-0.39, 0.29) is 18.0 Å². The van der Waals surface area contributed by atoms with E-state index in [0.717, 1.165) is 38.0 Å². The summed E-state index contributed by atoms with van der Waals surface area (Å²) in [7, 11) is 0. The van der Waals surface area contributed by atoms with E-state index in [0.29, 0.717) is 28.5 Å². The summed E-state index contributed by atoms with van der Waals surface area (Å²) in [5.74, 6) is 1.50. The van der Waals surface area contributed by atoms with Gasteiger partial charge in [-0.2, -0.15) is 5.26 Å². The van der Waals surface area contributed by atoms with Crippen LogP contribution in [0.4, 0.5) is 0 Å². The molecule has 6 nitrogen and oxygen atoms in total. The van der Waals surface area contributed by atoms with Crippen molar-refractivity contribution >= 4 is 5.91 Å². The van der Waals surface area contributed by atoms with Crippen LogP contribution in [0.25, 0.3) is 0 Å². The van der Waals surface area contributed by atoms with E-state index in [1.807, 2.05) is 25.1 Å². The van der Waals surface area contributed by atoms with E-state index in [2.05, 4.69) is 30.1 Å². The average molecular weight is 463 g/mol. The van der Waals surface area contributed by atoms with Crippen LogP contribution >= 0.6 is 0 Å². The van der Waals surface area contributed by atoms with Crippen LogP contribution < -0.4 is 15.8 Å². The molecule has 2 unspecified atom stereocenters. The minimum atomic E-state index is -0.112. The Hall–Kier alpha value is -2.88. The minimum absolute atomic E-state index is 0.0276. The highest BCUT2D eigenvalue weighted by Gasteiger charge is 2.18. The van der Waals surface area contributed by atoms with Gasteiger partial charge in [0.25, 0.3) is 5.91 Å². The lowest BCUT2D eigenvalue weighted by Crippen LogP contribution is -2.39. The highest BCUT2D eigenvalue weighted by molar-refractivity contribution is 5.94. The second kappa shape index (κ2) is 12.5. The largest absolute Gasteiger partial charge is 0.456 e. The Balaban J connectivity index is 1.67. The van der Waals surface area contributed by atoms with Gasteiger partial charge in [0.1, 0.15) is 17.6 Å². The van der Waals surface area contributed by atoms with E-state index in [1.54, 1.807) is 24.3 Å². The molecule has 3 N–H and O–H groups in total. The Morgan fingerprint density at radius 1 is 1.09 bits per heavy atom. The SMILES string of the molecule is CC(C)CC(CC(C)N)NC(=O)c1ccc(Oc2cccc(CN3CCCCC3)c2C#N)cc1. The number of ether oxygens (including phenoxy) is 1. The van der Waals surface area contributed by atoms with E-state index in [4.69, 9.17) is 10.5 Å². The van der Waals surface area contributed by atoms with Crippen LogP contribution in [0.5, 0.6) is 11.5 Å². The number of hydrogen-bond donors (Lipinski definition) is 2. The van der Waals surface area contributed by atoms with Crippen LogP contribution in [0.1, 0.15) is 74.4 Å². The Labute approximate surface area is 204 Å². The molecule has 1 aliphatic heterocycles. The average Bonchev–Trinajstić information content (AvgIpc) is 2.79. The Kier molecular flexibility index (Phi) is 9.50. The van der Waals surface area contributed by atoms with Crippen molar-refractivity contribution in [3.63, 3.8) is 0 Å². The molecule has 0 radical (unpaired) electrons. The lowest BCUT2D eigenvalue weighted by atomic mass is 9.98. The lowest BCUT2D eigenvalue weighted by Gasteiger charge is -2.27. The van der Waals surface area contributed by atoms with E-state index >= 15 is 0 Å². The molecule has 34 heavy (non-hydrogen) atoms. The van der Waals surface area contributed by atoms with Gasteiger partial charge >= 0.3 is 0 Å². The first-order chi connectivity index (χ1) is 16.4. The summed E-state index contributed by atoms with van der Waals surface area (Å²) in [5.41, 5.74) is 8.10. The number of nitrogens with two attached hydrogens (primary N) is 1. The normalized spacial score (nSPS) is 16.0. The molecule has 0 spiro atoms. The molecule has 6 heteroatoms. The molecular weight excluding hydrogens is 424 g/mol. The van der Waals surface area contributed by atoms with Crippen LogP contribution in [0.2, 0.25) is 0 Å². The molecule has 2 aromatic rings.